The predicted molar refractivity (Wildman–Crippen MR) is 89.6 cm³/mol. The van der Waals surface area contributed by atoms with E-state index in [4.69, 9.17) is 9.47 Å². The minimum Gasteiger partial charge on any atom is -0.459 e. The van der Waals surface area contributed by atoms with Gasteiger partial charge < -0.3 is 14.4 Å². The molecule has 3 unspecified atom stereocenters. The number of nitrogens with zero attached hydrogens (tertiary/aromatic N) is 1. The van der Waals surface area contributed by atoms with Crippen molar-refractivity contribution in [1.82, 2.24) is 4.90 Å². The monoisotopic (exact) mass is 331 g/mol. The van der Waals surface area contributed by atoms with Gasteiger partial charge in [0.2, 0.25) is 0 Å². The summed E-state index contributed by atoms with van der Waals surface area (Å²) in [6, 6.07) is 9.20. The zero-order valence-electron chi connectivity index (χ0n) is 14.5. The van der Waals surface area contributed by atoms with Crippen molar-refractivity contribution in [3.05, 3.63) is 35.9 Å². The Morgan fingerprint density at radius 2 is 1.67 bits per heavy atom. The molecule has 2 saturated heterocycles. The highest BCUT2D eigenvalue weighted by Crippen LogP contribution is 2.44. The van der Waals surface area contributed by atoms with Crippen LogP contribution in [0.2, 0.25) is 0 Å². The van der Waals surface area contributed by atoms with Crippen molar-refractivity contribution in [2.24, 2.45) is 11.8 Å². The summed E-state index contributed by atoms with van der Waals surface area (Å²) in [6.07, 6.45) is 0.973. The van der Waals surface area contributed by atoms with Crippen LogP contribution < -0.4 is 0 Å². The zero-order chi connectivity index (χ0) is 17.3. The van der Waals surface area contributed by atoms with Crippen molar-refractivity contribution in [3.8, 4) is 0 Å². The summed E-state index contributed by atoms with van der Waals surface area (Å²) in [5.41, 5.74) is 0.568. The van der Waals surface area contributed by atoms with E-state index in [1.54, 1.807) is 12.1 Å². The molecular formula is C19H25NO4. The summed E-state index contributed by atoms with van der Waals surface area (Å²) in [5, 5.41) is 0. The number of hydrogen-bond donors (Lipinski definition) is 0. The highest BCUT2D eigenvalue weighted by atomic mass is 16.6. The van der Waals surface area contributed by atoms with Gasteiger partial charge in [-0.15, -0.1) is 0 Å². The Balaban J connectivity index is 1.71. The van der Waals surface area contributed by atoms with Crippen LogP contribution in [0.5, 0.6) is 0 Å². The van der Waals surface area contributed by atoms with E-state index in [1.165, 1.54) is 0 Å². The lowest BCUT2D eigenvalue weighted by molar-refractivity contribution is -0.00949. The van der Waals surface area contributed by atoms with Crippen LogP contribution in [-0.4, -0.2) is 41.8 Å². The van der Waals surface area contributed by atoms with Crippen LogP contribution in [0.3, 0.4) is 0 Å². The molecule has 1 amide bonds. The molecule has 0 spiro atoms. The molecule has 5 nitrogen and oxygen atoms in total. The van der Waals surface area contributed by atoms with Crippen LogP contribution in [0.1, 0.15) is 44.0 Å². The number of fused-ring (bicyclic) bond motifs is 2. The molecule has 0 saturated carbocycles. The molecule has 5 heteroatoms. The smallest absolute Gasteiger partial charge is 0.410 e. The van der Waals surface area contributed by atoms with Gasteiger partial charge in [-0.1, -0.05) is 32.0 Å². The van der Waals surface area contributed by atoms with Gasteiger partial charge >= 0.3 is 12.1 Å². The van der Waals surface area contributed by atoms with Crippen molar-refractivity contribution in [2.45, 2.75) is 51.8 Å². The van der Waals surface area contributed by atoms with Crippen LogP contribution >= 0.6 is 0 Å². The molecule has 2 aliphatic rings. The van der Waals surface area contributed by atoms with E-state index >= 15 is 0 Å². The van der Waals surface area contributed by atoms with Gasteiger partial charge in [-0.25, -0.2) is 9.59 Å². The second-order valence-corrected chi connectivity index (χ2v) is 6.82. The molecule has 1 aromatic carbocycles. The van der Waals surface area contributed by atoms with Crippen LogP contribution in [0.15, 0.2) is 30.3 Å². The topological polar surface area (TPSA) is 55.8 Å². The van der Waals surface area contributed by atoms with E-state index in [0.29, 0.717) is 36.8 Å². The van der Waals surface area contributed by atoms with E-state index in [9.17, 15) is 9.59 Å². The van der Waals surface area contributed by atoms with Crippen molar-refractivity contribution in [2.75, 3.05) is 6.61 Å². The van der Waals surface area contributed by atoms with E-state index in [0.717, 1.165) is 0 Å². The number of ether oxygens (including phenoxy) is 2. The van der Waals surface area contributed by atoms with Gasteiger partial charge in [0, 0.05) is 24.9 Å². The Bertz CT molecular complexity index is 585. The molecule has 2 heterocycles. The fraction of sp³-hybridized carbons (Fsp3) is 0.579. The van der Waals surface area contributed by atoms with Crippen LogP contribution in [0.25, 0.3) is 0 Å². The number of amides is 1. The Kier molecular flexibility index (Phi) is 4.78. The van der Waals surface area contributed by atoms with Gasteiger partial charge in [-0.3, -0.25) is 0 Å². The molecule has 0 aliphatic carbocycles. The maximum Gasteiger partial charge on any atom is 0.410 e. The largest absolute Gasteiger partial charge is 0.459 e. The third-order valence-corrected chi connectivity index (χ3v) is 5.53. The SMILES string of the molecule is CCOC(=O)N1C2CC(OC(=O)c3ccccc3)CC1[C@H](C)[C@@H]2C. The fourth-order valence-electron chi connectivity index (χ4n) is 4.10. The lowest BCUT2D eigenvalue weighted by atomic mass is 9.92. The van der Waals surface area contributed by atoms with Crippen molar-refractivity contribution >= 4 is 12.1 Å². The molecule has 1 aromatic rings. The van der Waals surface area contributed by atoms with Gasteiger partial charge in [0.05, 0.1) is 12.2 Å². The predicted octanol–water partition coefficient (Wildman–Crippen LogP) is 3.49. The number of rotatable bonds is 3. The first kappa shape index (κ1) is 16.8. The quantitative estimate of drug-likeness (QED) is 0.796. The summed E-state index contributed by atoms with van der Waals surface area (Å²) in [5.74, 6) is 0.463. The number of benzene rings is 1. The first-order chi connectivity index (χ1) is 11.5. The average molecular weight is 331 g/mol. The van der Waals surface area contributed by atoms with Crippen molar-refractivity contribution in [1.29, 1.82) is 0 Å². The molecular weight excluding hydrogens is 306 g/mol. The molecule has 3 rings (SSSR count). The Morgan fingerprint density at radius 1 is 1.08 bits per heavy atom. The Morgan fingerprint density at radius 3 is 2.21 bits per heavy atom. The molecule has 130 valence electrons. The lowest BCUT2D eigenvalue weighted by Crippen LogP contribution is -2.50. The molecule has 2 aliphatic heterocycles. The lowest BCUT2D eigenvalue weighted by Gasteiger charge is -2.38. The third-order valence-electron chi connectivity index (χ3n) is 5.53. The summed E-state index contributed by atoms with van der Waals surface area (Å²) in [6.45, 7) is 6.54. The number of piperidine rings is 1. The number of hydrogen-bond acceptors (Lipinski definition) is 4. The summed E-state index contributed by atoms with van der Waals surface area (Å²) >= 11 is 0. The van der Waals surface area contributed by atoms with Crippen LogP contribution in [-0.2, 0) is 9.47 Å². The number of carbonyl (C=O) groups is 2. The van der Waals surface area contributed by atoms with Crippen LogP contribution in [0.4, 0.5) is 4.79 Å². The Hall–Kier alpha value is -2.04. The second kappa shape index (κ2) is 6.83. The van der Waals surface area contributed by atoms with Crippen molar-refractivity contribution < 1.29 is 19.1 Å². The first-order valence-corrected chi connectivity index (χ1v) is 8.74. The van der Waals surface area contributed by atoms with E-state index < -0.39 is 0 Å². The molecule has 0 radical (unpaired) electrons. The summed E-state index contributed by atoms with van der Waals surface area (Å²) < 4.78 is 10.9. The minimum atomic E-state index is -0.287. The maximum atomic E-state index is 12.3. The molecule has 0 N–H and O–H groups in total. The maximum absolute atomic E-state index is 12.3. The molecule has 0 aromatic heterocycles. The standard InChI is InChI=1S/C19H25NO4/c1-4-23-19(22)20-16-10-15(11-17(20)13(3)12(16)2)24-18(21)14-8-6-5-7-9-14/h5-9,12-13,15-17H,4,10-11H2,1-3H3/t12-,13+,15?,16?,17?. The summed E-state index contributed by atoms with van der Waals surface area (Å²) in [4.78, 5) is 26.5. The van der Waals surface area contributed by atoms with Crippen molar-refractivity contribution in [3.63, 3.8) is 0 Å². The van der Waals surface area contributed by atoms with Gasteiger partial charge in [-0.2, -0.15) is 0 Å². The first-order valence-electron chi connectivity index (χ1n) is 8.74. The van der Waals surface area contributed by atoms with Gasteiger partial charge in [0.25, 0.3) is 0 Å². The van der Waals surface area contributed by atoms with E-state index in [1.807, 2.05) is 30.0 Å². The zero-order valence-corrected chi connectivity index (χ0v) is 14.5. The minimum absolute atomic E-state index is 0.0753. The van der Waals surface area contributed by atoms with E-state index in [2.05, 4.69) is 13.8 Å². The Labute approximate surface area is 142 Å². The summed E-state index contributed by atoms with van der Waals surface area (Å²) in [7, 11) is 0. The molecule has 2 bridgehead atoms. The highest BCUT2D eigenvalue weighted by Gasteiger charge is 2.52. The number of esters is 1. The molecule has 24 heavy (non-hydrogen) atoms. The molecule has 5 atom stereocenters. The second-order valence-electron chi connectivity index (χ2n) is 6.82. The molecule has 2 fully saturated rings. The van der Waals surface area contributed by atoms with Crippen LogP contribution in [0, 0.1) is 11.8 Å². The van der Waals surface area contributed by atoms with Gasteiger partial charge in [0.1, 0.15) is 6.10 Å². The average Bonchev–Trinajstić information content (AvgIpc) is 2.74. The highest BCUT2D eigenvalue weighted by molar-refractivity contribution is 5.89. The number of carbonyl (C=O) groups excluding carboxylic acids is 2. The third kappa shape index (κ3) is 2.99. The van der Waals surface area contributed by atoms with E-state index in [-0.39, 0.29) is 30.3 Å². The van der Waals surface area contributed by atoms with Gasteiger partial charge in [0.15, 0.2) is 0 Å². The van der Waals surface area contributed by atoms with Gasteiger partial charge in [-0.05, 0) is 30.9 Å². The fourth-order valence-corrected chi connectivity index (χ4v) is 4.10. The normalized spacial score (nSPS) is 31.6.